The highest BCUT2D eigenvalue weighted by molar-refractivity contribution is 7.99. The van der Waals surface area contributed by atoms with Gasteiger partial charge < -0.3 is 20.7 Å². The minimum absolute atomic E-state index is 0.341. The summed E-state index contributed by atoms with van der Waals surface area (Å²) in [4.78, 5) is 15.7. The third-order valence-electron chi connectivity index (χ3n) is 3.17. The molecular weight excluding hydrogens is 306 g/mol. The lowest BCUT2D eigenvalue weighted by Gasteiger charge is -2.18. The number of esters is 1. The van der Waals surface area contributed by atoms with E-state index < -0.39 is 0 Å². The van der Waals surface area contributed by atoms with Crippen LogP contribution in [0.15, 0.2) is 4.90 Å². The van der Waals surface area contributed by atoms with E-state index in [1.807, 2.05) is 6.26 Å². The molecule has 0 unspecified atom stereocenters. The first-order chi connectivity index (χ1) is 10.1. The molecule has 7 heteroatoms. The Hall–Kier alpha value is -0.920. The van der Waals surface area contributed by atoms with E-state index >= 15 is 0 Å². The number of hydrogen-bond acceptors (Lipinski definition) is 7. The van der Waals surface area contributed by atoms with E-state index in [0.29, 0.717) is 17.2 Å². The summed E-state index contributed by atoms with van der Waals surface area (Å²) in [5.41, 5.74) is 6.59. The summed E-state index contributed by atoms with van der Waals surface area (Å²) in [7, 11) is 0. The van der Waals surface area contributed by atoms with Gasteiger partial charge in [0.05, 0.1) is 17.2 Å². The van der Waals surface area contributed by atoms with Crippen LogP contribution in [0.5, 0.6) is 0 Å². The molecule has 1 heterocycles. The van der Waals surface area contributed by atoms with Crippen molar-refractivity contribution in [1.82, 2.24) is 4.90 Å². The van der Waals surface area contributed by atoms with Gasteiger partial charge in [0.1, 0.15) is 9.88 Å². The topological polar surface area (TPSA) is 67.6 Å². The van der Waals surface area contributed by atoms with Crippen molar-refractivity contribution in [2.24, 2.45) is 0 Å². The lowest BCUT2D eigenvalue weighted by atomic mass is 10.4. The first-order valence-electron chi connectivity index (χ1n) is 7.18. The molecule has 0 aromatic carbocycles. The largest absolute Gasteiger partial charge is 0.462 e. The maximum atomic E-state index is 11.9. The Morgan fingerprint density at radius 1 is 1.38 bits per heavy atom. The molecule has 0 aliphatic heterocycles. The molecule has 5 nitrogen and oxygen atoms in total. The molecule has 1 aromatic heterocycles. The predicted octanol–water partition coefficient (Wildman–Crippen LogP) is 2.98. The van der Waals surface area contributed by atoms with Gasteiger partial charge in [-0.1, -0.05) is 13.8 Å². The Morgan fingerprint density at radius 2 is 2.05 bits per heavy atom. The number of nitrogens with two attached hydrogens (primary N) is 1. The summed E-state index contributed by atoms with van der Waals surface area (Å²) in [6, 6.07) is 0. The Kier molecular flexibility index (Phi) is 7.92. The van der Waals surface area contributed by atoms with E-state index in [-0.39, 0.29) is 5.97 Å². The van der Waals surface area contributed by atoms with Gasteiger partial charge in [0.25, 0.3) is 0 Å². The first kappa shape index (κ1) is 18.1. The van der Waals surface area contributed by atoms with Crippen LogP contribution < -0.4 is 11.1 Å². The fourth-order valence-corrected chi connectivity index (χ4v) is 3.92. The molecule has 0 aliphatic carbocycles. The summed E-state index contributed by atoms with van der Waals surface area (Å²) in [5.74, 6) is -0.341. The number of carbonyl (C=O) groups excluding carboxylic acids is 1. The third kappa shape index (κ3) is 4.79. The fraction of sp³-hybridized carbons (Fsp3) is 0.643. The molecule has 0 bridgehead atoms. The van der Waals surface area contributed by atoms with Crippen LogP contribution in [0.4, 0.5) is 10.7 Å². The van der Waals surface area contributed by atoms with Gasteiger partial charge in [-0.25, -0.2) is 4.79 Å². The van der Waals surface area contributed by atoms with Crippen LogP contribution in [-0.2, 0) is 4.74 Å². The minimum atomic E-state index is -0.341. The van der Waals surface area contributed by atoms with Crippen molar-refractivity contribution in [3.8, 4) is 0 Å². The monoisotopic (exact) mass is 331 g/mol. The van der Waals surface area contributed by atoms with E-state index in [9.17, 15) is 4.79 Å². The van der Waals surface area contributed by atoms with E-state index in [1.54, 1.807) is 18.7 Å². The second-order valence-corrected chi connectivity index (χ2v) is 6.22. The average molecular weight is 332 g/mol. The first-order valence-corrected chi connectivity index (χ1v) is 9.22. The summed E-state index contributed by atoms with van der Waals surface area (Å²) in [6.07, 6.45) is 1.96. The van der Waals surface area contributed by atoms with Gasteiger partial charge in [-0.3, -0.25) is 0 Å². The maximum absolute atomic E-state index is 11.9. The zero-order chi connectivity index (χ0) is 15.8. The molecule has 0 amide bonds. The number of likely N-dealkylation sites (N-methyl/N-ethyl adjacent to an activating group) is 1. The van der Waals surface area contributed by atoms with Crippen molar-refractivity contribution in [3.63, 3.8) is 0 Å². The number of carbonyl (C=O) groups is 1. The standard InChI is InChI=1S/C14H25N3O2S2/c1-5-17(6-2)9-8-16-13-11(20-4)10(15)12(21-13)14(18)19-7-3/h16H,5-9,15H2,1-4H3. The quantitative estimate of drug-likeness (QED) is 0.535. The van der Waals surface area contributed by atoms with Crippen LogP contribution in [0.3, 0.4) is 0 Å². The van der Waals surface area contributed by atoms with Crippen LogP contribution >= 0.6 is 23.1 Å². The second kappa shape index (κ2) is 9.17. The van der Waals surface area contributed by atoms with Gasteiger partial charge in [-0.2, -0.15) is 0 Å². The number of rotatable bonds is 9. The molecule has 1 aromatic rings. The van der Waals surface area contributed by atoms with E-state index in [1.165, 1.54) is 11.3 Å². The van der Waals surface area contributed by atoms with E-state index in [0.717, 1.165) is 36.1 Å². The number of nitrogens with one attached hydrogen (secondary N) is 1. The van der Waals surface area contributed by atoms with Crippen LogP contribution in [0.2, 0.25) is 0 Å². The maximum Gasteiger partial charge on any atom is 0.350 e. The minimum Gasteiger partial charge on any atom is -0.462 e. The number of anilines is 2. The van der Waals surface area contributed by atoms with Crippen molar-refractivity contribution in [1.29, 1.82) is 0 Å². The third-order valence-corrected chi connectivity index (χ3v) is 5.28. The lowest BCUT2D eigenvalue weighted by Crippen LogP contribution is -2.28. The Labute approximate surface area is 135 Å². The molecule has 3 N–H and O–H groups in total. The summed E-state index contributed by atoms with van der Waals surface area (Å²) < 4.78 is 5.05. The van der Waals surface area contributed by atoms with Crippen molar-refractivity contribution < 1.29 is 9.53 Å². The number of hydrogen-bond donors (Lipinski definition) is 2. The molecule has 1 rings (SSSR count). The number of nitrogens with zero attached hydrogens (tertiary/aromatic N) is 1. The van der Waals surface area contributed by atoms with Crippen molar-refractivity contribution in [3.05, 3.63) is 4.88 Å². The molecule has 21 heavy (non-hydrogen) atoms. The molecule has 0 spiro atoms. The van der Waals surface area contributed by atoms with Gasteiger partial charge in [-0.05, 0) is 26.3 Å². The smallest absolute Gasteiger partial charge is 0.350 e. The highest BCUT2D eigenvalue weighted by Gasteiger charge is 2.21. The molecule has 0 atom stereocenters. The van der Waals surface area contributed by atoms with Crippen LogP contribution in [0, 0.1) is 0 Å². The van der Waals surface area contributed by atoms with Crippen molar-refractivity contribution >= 4 is 39.8 Å². The van der Waals surface area contributed by atoms with Crippen LogP contribution in [-0.4, -0.2) is 49.9 Å². The molecule has 0 fully saturated rings. The van der Waals surface area contributed by atoms with E-state index in [4.69, 9.17) is 10.5 Å². The normalized spacial score (nSPS) is 10.9. The number of ether oxygens (including phenoxy) is 1. The fourth-order valence-electron chi connectivity index (χ4n) is 1.96. The molecule has 0 aliphatic rings. The number of nitrogen functional groups attached to an aromatic ring is 1. The lowest BCUT2D eigenvalue weighted by molar-refractivity contribution is 0.0533. The zero-order valence-corrected chi connectivity index (χ0v) is 14.8. The predicted molar refractivity (Wildman–Crippen MR) is 92.7 cm³/mol. The number of thiophene rings is 1. The van der Waals surface area contributed by atoms with Gasteiger partial charge >= 0.3 is 5.97 Å². The summed E-state index contributed by atoms with van der Waals surface area (Å²) >= 11 is 2.93. The van der Waals surface area contributed by atoms with Gasteiger partial charge in [0.2, 0.25) is 0 Å². The zero-order valence-electron chi connectivity index (χ0n) is 13.2. The van der Waals surface area contributed by atoms with Crippen molar-refractivity contribution in [2.45, 2.75) is 25.7 Å². The Morgan fingerprint density at radius 3 is 2.57 bits per heavy atom. The van der Waals surface area contributed by atoms with E-state index in [2.05, 4.69) is 24.1 Å². The van der Waals surface area contributed by atoms with Crippen LogP contribution in [0.1, 0.15) is 30.4 Å². The molecule has 120 valence electrons. The summed E-state index contributed by atoms with van der Waals surface area (Å²) in [6.45, 7) is 10.3. The van der Waals surface area contributed by atoms with Gasteiger partial charge in [0.15, 0.2) is 0 Å². The second-order valence-electron chi connectivity index (χ2n) is 4.38. The summed E-state index contributed by atoms with van der Waals surface area (Å²) in [5, 5.41) is 4.34. The van der Waals surface area contributed by atoms with Crippen LogP contribution in [0.25, 0.3) is 0 Å². The Balaban J connectivity index is 2.77. The highest BCUT2D eigenvalue weighted by atomic mass is 32.2. The molecule has 0 saturated carbocycles. The number of thioether (sulfide) groups is 1. The van der Waals surface area contributed by atoms with Gasteiger partial charge in [0, 0.05) is 13.1 Å². The average Bonchev–Trinajstić information content (AvgIpc) is 2.80. The molecular formula is C14H25N3O2S2. The molecule has 0 saturated heterocycles. The molecule has 0 radical (unpaired) electrons. The Bertz CT molecular complexity index is 459. The SMILES string of the molecule is CCOC(=O)c1sc(NCCN(CC)CC)c(SC)c1N. The van der Waals surface area contributed by atoms with Crippen molar-refractivity contribution in [2.75, 3.05) is 50.1 Å². The highest BCUT2D eigenvalue weighted by Crippen LogP contribution is 2.41. The van der Waals surface area contributed by atoms with Gasteiger partial charge in [-0.15, -0.1) is 23.1 Å².